The number of carbonyl (C=O) groups excluding carboxylic acids is 1. The van der Waals surface area contributed by atoms with E-state index in [2.05, 4.69) is 5.32 Å². The van der Waals surface area contributed by atoms with Crippen molar-refractivity contribution in [3.63, 3.8) is 0 Å². The van der Waals surface area contributed by atoms with Crippen molar-refractivity contribution in [2.45, 2.75) is 0 Å². The monoisotopic (exact) mass is 219 g/mol. The predicted molar refractivity (Wildman–Crippen MR) is 59.7 cm³/mol. The van der Waals surface area contributed by atoms with E-state index in [1.165, 1.54) is 0 Å². The molecule has 0 radical (unpaired) electrons. The van der Waals surface area contributed by atoms with Gasteiger partial charge in [0.25, 0.3) is 0 Å². The molecular formula is C11H13N3O2. The number of carbonyl (C=O) groups is 1. The van der Waals surface area contributed by atoms with Gasteiger partial charge in [0, 0.05) is 12.2 Å². The van der Waals surface area contributed by atoms with Crippen LogP contribution in [0, 0.1) is 11.3 Å². The number of nitrogens with zero attached hydrogens (tertiary/aromatic N) is 1. The van der Waals surface area contributed by atoms with Gasteiger partial charge >= 0.3 is 0 Å². The van der Waals surface area contributed by atoms with Crippen molar-refractivity contribution in [1.29, 1.82) is 5.26 Å². The van der Waals surface area contributed by atoms with Crippen LogP contribution in [0.15, 0.2) is 24.3 Å². The Hall–Kier alpha value is -1.90. The Labute approximate surface area is 93.8 Å². The normalized spacial score (nSPS) is 9.50. The molecule has 0 unspecified atom stereocenters. The third kappa shape index (κ3) is 4.09. The summed E-state index contributed by atoms with van der Waals surface area (Å²) in [7, 11) is 0. The molecule has 0 saturated heterocycles. The van der Waals surface area contributed by atoms with E-state index in [-0.39, 0.29) is 12.5 Å². The molecule has 84 valence electrons. The van der Waals surface area contributed by atoms with Crippen molar-refractivity contribution in [3.8, 4) is 6.07 Å². The maximum atomic E-state index is 11.3. The zero-order valence-corrected chi connectivity index (χ0v) is 8.77. The van der Waals surface area contributed by atoms with Gasteiger partial charge in [-0.1, -0.05) is 0 Å². The first-order valence-corrected chi connectivity index (χ1v) is 4.84. The summed E-state index contributed by atoms with van der Waals surface area (Å²) in [6.07, 6.45) is 0. The quantitative estimate of drug-likeness (QED) is 0.705. The number of nitriles is 1. The zero-order valence-electron chi connectivity index (χ0n) is 8.77. The Bertz CT molecular complexity index is 381. The van der Waals surface area contributed by atoms with Crippen LogP contribution in [0.2, 0.25) is 0 Å². The number of nitrogens with one attached hydrogen (secondary N) is 1. The van der Waals surface area contributed by atoms with Crippen LogP contribution in [0.25, 0.3) is 0 Å². The third-order valence-corrected chi connectivity index (χ3v) is 1.79. The van der Waals surface area contributed by atoms with Crippen LogP contribution in [0.5, 0.6) is 0 Å². The first-order chi connectivity index (χ1) is 7.76. The molecule has 0 saturated carbocycles. The molecule has 0 aliphatic heterocycles. The number of hydrogen-bond donors (Lipinski definition) is 2. The summed E-state index contributed by atoms with van der Waals surface area (Å²) < 4.78 is 4.97. The van der Waals surface area contributed by atoms with Crippen LogP contribution in [0.4, 0.5) is 5.69 Å². The number of rotatable bonds is 5. The van der Waals surface area contributed by atoms with Crippen LogP contribution < -0.4 is 11.1 Å². The largest absolute Gasteiger partial charge is 0.370 e. The fraction of sp³-hybridized carbons (Fsp3) is 0.273. The van der Waals surface area contributed by atoms with E-state index in [9.17, 15) is 4.79 Å². The van der Waals surface area contributed by atoms with Crippen LogP contribution in [0.1, 0.15) is 5.56 Å². The molecule has 16 heavy (non-hydrogen) atoms. The van der Waals surface area contributed by atoms with E-state index in [1.807, 2.05) is 6.07 Å². The van der Waals surface area contributed by atoms with Gasteiger partial charge in [0.15, 0.2) is 0 Å². The van der Waals surface area contributed by atoms with Crippen molar-refractivity contribution in [1.82, 2.24) is 0 Å². The van der Waals surface area contributed by atoms with Gasteiger partial charge in [0.2, 0.25) is 5.91 Å². The molecule has 1 aromatic carbocycles. The molecule has 5 nitrogen and oxygen atoms in total. The van der Waals surface area contributed by atoms with E-state index in [1.54, 1.807) is 24.3 Å². The van der Waals surface area contributed by atoms with Crippen LogP contribution in [-0.4, -0.2) is 25.7 Å². The van der Waals surface area contributed by atoms with Crippen molar-refractivity contribution in [2.75, 3.05) is 25.1 Å². The molecule has 0 atom stereocenters. The predicted octanol–water partition coefficient (Wildman–Crippen LogP) is 0.472. The second-order valence-corrected chi connectivity index (χ2v) is 3.08. The van der Waals surface area contributed by atoms with E-state index in [4.69, 9.17) is 15.7 Å². The highest BCUT2D eigenvalue weighted by atomic mass is 16.5. The van der Waals surface area contributed by atoms with Crippen molar-refractivity contribution < 1.29 is 9.53 Å². The lowest BCUT2D eigenvalue weighted by Crippen LogP contribution is -2.20. The molecule has 0 heterocycles. The smallest absolute Gasteiger partial charge is 0.250 e. The first kappa shape index (κ1) is 12.2. The number of anilines is 1. The minimum atomic E-state index is -0.238. The lowest BCUT2D eigenvalue weighted by atomic mass is 10.2. The van der Waals surface area contributed by atoms with Crippen molar-refractivity contribution in [3.05, 3.63) is 29.8 Å². The SMILES string of the molecule is N#Cc1ccc(NC(=O)COCCN)cc1. The Kier molecular flexibility index (Phi) is 4.99. The highest BCUT2D eigenvalue weighted by Gasteiger charge is 2.01. The molecule has 5 heteroatoms. The molecule has 1 rings (SSSR count). The molecule has 0 fully saturated rings. The van der Waals surface area contributed by atoms with Crippen molar-refractivity contribution in [2.24, 2.45) is 5.73 Å². The van der Waals surface area contributed by atoms with Gasteiger partial charge in [-0.3, -0.25) is 4.79 Å². The summed E-state index contributed by atoms with van der Waals surface area (Å²) in [4.78, 5) is 11.3. The molecule has 0 aliphatic carbocycles. The number of hydrogen-bond acceptors (Lipinski definition) is 4. The summed E-state index contributed by atoms with van der Waals surface area (Å²) in [5.41, 5.74) is 6.40. The summed E-state index contributed by atoms with van der Waals surface area (Å²) in [6, 6.07) is 8.60. The van der Waals surface area contributed by atoms with Gasteiger partial charge in [-0.2, -0.15) is 5.26 Å². The van der Waals surface area contributed by atoms with Crippen molar-refractivity contribution >= 4 is 11.6 Å². The number of nitrogens with two attached hydrogens (primary N) is 1. The summed E-state index contributed by atoms with van der Waals surface area (Å²) in [5, 5.41) is 11.2. The van der Waals surface area contributed by atoms with Gasteiger partial charge in [0.1, 0.15) is 6.61 Å². The standard InChI is InChI=1S/C11H13N3O2/c12-5-6-16-8-11(15)14-10-3-1-9(7-13)2-4-10/h1-4H,5-6,8,12H2,(H,14,15). The second-order valence-electron chi connectivity index (χ2n) is 3.08. The minimum absolute atomic E-state index is 0.0167. The molecule has 1 amide bonds. The van der Waals surface area contributed by atoms with Gasteiger partial charge in [0.05, 0.1) is 18.2 Å². The maximum Gasteiger partial charge on any atom is 0.250 e. The molecule has 0 aliphatic rings. The topological polar surface area (TPSA) is 88.1 Å². The van der Waals surface area contributed by atoms with E-state index < -0.39 is 0 Å². The first-order valence-electron chi connectivity index (χ1n) is 4.84. The van der Waals surface area contributed by atoms with Gasteiger partial charge in [-0.15, -0.1) is 0 Å². The Morgan fingerprint density at radius 2 is 2.12 bits per heavy atom. The lowest BCUT2D eigenvalue weighted by molar-refractivity contribution is -0.120. The molecule has 0 bridgehead atoms. The third-order valence-electron chi connectivity index (χ3n) is 1.79. The molecule has 0 spiro atoms. The number of benzene rings is 1. The molecular weight excluding hydrogens is 206 g/mol. The highest BCUT2D eigenvalue weighted by Crippen LogP contribution is 2.08. The van der Waals surface area contributed by atoms with Gasteiger partial charge in [-0.25, -0.2) is 0 Å². The van der Waals surface area contributed by atoms with E-state index in [0.717, 1.165) is 0 Å². The van der Waals surface area contributed by atoms with Gasteiger partial charge < -0.3 is 15.8 Å². The van der Waals surface area contributed by atoms with Gasteiger partial charge in [-0.05, 0) is 24.3 Å². The average Bonchev–Trinajstić information content (AvgIpc) is 2.30. The Morgan fingerprint density at radius 3 is 2.69 bits per heavy atom. The number of amides is 1. The van der Waals surface area contributed by atoms with E-state index >= 15 is 0 Å². The summed E-state index contributed by atoms with van der Waals surface area (Å²) in [6.45, 7) is 0.738. The van der Waals surface area contributed by atoms with Crippen LogP contribution in [-0.2, 0) is 9.53 Å². The lowest BCUT2D eigenvalue weighted by Gasteiger charge is -2.05. The summed E-state index contributed by atoms with van der Waals surface area (Å²) >= 11 is 0. The Balaban J connectivity index is 2.41. The minimum Gasteiger partial charge on any atom is -0.370 e. The Morgan fingerprint density at radius 1 is 1.44 bits per heavy atom. The maximum absolute atomic E-state index is 11.3. The second kappa shape index (κ2) is 6.56. The molecule has 0 aromatic heterocycles. The molecule has 3 N–H and O–H groups in total. The average molecular weight is 219 g/mol. The fourth-order valence-electron chi connectivity index (χ4n) is 1.07. The summed E-state index contributed by atoms with van der Waals surface area (Å²) in [5.74, 6) is -0.238. The molecule has 1 aromatic rings. The van der Waals surface area contributed by atoms with Crippen LogP contribution >= 0.6 is 0 Å². The van der Waals surface area contributed by atoms with E-state index in [0.29, 0.717) is 24.4 Å². The fourth-order valence-corrected chi connectivity index (χ4v) is 1.07. The highest BCUT2D eigenvalue weighted by molar-refractivity contribution is 5.91. The number of ether oxygens (including phenoxy) is 1. The zero-order chi connectivity index (χ0) is 11.8. The van der Waals surface area contributed by atoms with Crippen LogP contribution in [0.3, 0.4) is 0 Å².